The number of nitrogens with one attached hydrogen (secondary N) is 1. The summed E-state index contributed by atoms with van der Waals surface area (Å²) >= 11 is 3.36. The van der Waals surface area contributed by atoms with Gasteiger partial charge < -0.3 is 11.1 Å². The number of halogens is 1. The first-order chi connectivity index (χ1) is 8.58. The fraction of sp³-hybridized carbons (Fsp3) is 0.0769. The van der Waals surface area contributed by atoms with Crippen molar-refractivity contribution < 1.29 is 4.79 Å². The van der Waals surface area contributed by atoms with Crippen LogP contribution in [0, 0.1) is 6.92 Å². The van der Waals surface area contributed by atoms with Gasteiger partial charge in [-0.1, -0.05) is 0 Å². The van der Waals surface area contributed by atoms with Crippen molar-refractivity contribution >= 4 is 33.2 Å². The second-order valence-corrected chi connectivity index (χ2v) is 4.68. The molecule has 1 amide bonds. The molecule has 0 unspecified atom stereocenters. The molecule has 1 aromatic heterocycles. The molecule has 18 heavy (non-hydrogen) atoms. The van der Waals surface area contributed by atoms with E-state index in [-0.39, 0.29) is 5.91 Å². The number of hydrogen-bond donors (Lipinski definition) is 2. The summed E-state index contributed by atoms with van der Waals surface area (Å²) in [7, 11) is 0. The second-order valence-electron chi connectivity index (χ2n) is 3.83. The van der Waals surface area contributed by atoms with Crippen LogP contribution >= 0.6 is 15.9 Å². The molecule has 0 aliphatic heterocycles. The first-order valence-electron chi connectivity index (χ1n) is 5.36. The van der Waals surface area contributed by atoms with E-state index < -0.39 is 0 Å². The number of carbonyl (C=O) groups is 1. The Bertz CT molecular complexity index is 599. The van der Waals surface area contributed by atoms with Gasteiger partial charge in [-0.3, -0.25) is 9.78 Å². The number of nitrogens with two attached hydrogens (primary N) is 1. The van der Waals surface area contributed by atoms with Crippen molar-refractivity contribution in [1.29, 1.82) is 0 Å². The third-order valence-electron chi connectivity index (χ3n) is 2.49. The molecule has 2 aromatic rings. The van der Waals surface area contributed by atoms with Crippen molar-refractivity contribution in [3.63, 3.8) is 0 Å². The SMILES string of the molecule is Cc1ncccc1C(=O)Nc1ccc(N)cc1Br. The first-order valence-corrected chi connectivity index (χ1v) is 6.15. The van der Waals surface area contributed by atoms with Crippen molar-refractivity contribution in [2.45, 2.75) is 6.92 Å². The molecule has 0 fully saturated rings. The minimum atomic E-state index is -0.189. The molecule has 92 valence electrons. The number of amides is 1. The van der Waals surface area contributed by atoms with Gasteiger partial charge in [0.2, 0.25) is 0 Å². The van der Waals surface area contributed by atoms with Gasteiger partial charge in [-0.25, -0.2) is 0 Å². The number of hydrogen-bond acceptors (Lipinski definition) is 3. The lowest BCUT2D eigenvalue weighted by Crippen LogP contribution is -2.14. The van der Waals surface area contributed by atoms with E-state index in [1.165, 1.54) is 0 Å². The van der Waals surface area contributed by atoms with E-state index in [0.717, 1.165) is 4.47 Å². The van der Waals surface area contributed by atoms with Crippen LogP contribution in [0.1, 0.15) is 16.1 Å². The molecule has 0 atom stereocenters. The lowest BCUT2D eigenvalue weighted by atomic mass is 10.2. The summed E-state index contributed by atoms with van der Waals surface area (Å²) in [5.41, 5.74) is 8.21. The third kappa shape index (κ3) is 2.68. The second kappa shape index (κ2) is 5.18. The van der Waals surface area contributed by atoms with Crippen LogP contribution < -0.4 is 11.1 Å². The van der Waals surface area contributed by atoms with Gasteiger partial charge in [0.25, 0.3) is 5.91 Å². The highest BCUT2D eigenvalue weighted by Gasteiger charge is 2.11. The molecule has 2 rings (SSSR count). The Morgan fingerprint density at radius 2 is 2.17 bits per heavy atom. The minimum absolute atomic E-state index is 0.189. The lowest BCUT2D eigenvalue weighted by Gasteiger charge is -2.09. The summed E-state index contributed by atoms with van der Waals surface area (Å²) in [4.78, 5) is 16.2. The molecular formula is C13H12BrN3O. The topological polar surface area (TPSA) is 68.0 Å². The van der Waals surface area contributed by atoms with Gasteiger partial charge in [0, 0.05) is 22.1 Å². The van der Waals surface area contributed by atoms with Gasteiger partial charge in [0.05, 0.1) is 11.3 Å². The van der Waals surface area contributed by atoms with Crippen molar-refractivity contribution in [1.82, 2.24) is 4.98 Å². The number of carbonyl (C=O) groups excluding carboxylic acids is 1. The van der Waals surface area contributed by atoms with Crippen LogP contribution in [-0.2, 0) is 0 Å². The Morgan fingerprint density at radius 3 is 2.83 bits per heavy atom. The summed E-state index contributed by atoms with van der Waals surface area (Å²) in [6.45, 7) is 1.80. The Kier molecular flexibility index (Phi) is 3.62. The molecular weight excluding hydrogens is 294 g/mol. The van der Waals surface area contributed by atoms with Crippen LogP contribution in [0.2, 0.25) is 0 Å². The maximum atomic E-state index is 12.1. The number of rotatable bonds is 2. The monoisotopic (exact) mass is 305 g/mol. The van der Waals surface area contributed by atoms with Gasteiger partial charge in [-0.15, -0.1) is 0 Å². The zero-order valence-electron chi connectivity index (χ0n) is 9.77. The summed E-state index contributed by atoms with van der Waals surface area (Å²) in [6, 6.07) is 8.70. The molecule has 0 aliphatic carbocycles. The predicted octanol–water partition coefficient (Wildman–Crippen LogP) is 2.99. The molecule has 0 bridgehead atoms. The quantitative estimate of drug-likeness (QED) is 0.838. The number of pyridine rings is 1. The Balaban J connectivity index is 2.24. The maximum absolute atomic E-state index is 12.1. The third-order valence-corrected chi connectivity index (χ3v) is 3.15. The number of nitrogens with zero attached hydrogens (tertiary/aromatic N) is 1. The fourth-order valence-electron chi connectivity index (χ4n) is 1.55. The van der Waals surface area contributed by atoms with E-state index in [1.807, 2.05) is 0 Å². The molecule has 4 nitrogen and oxygen atoms in total. The molecule has 0 spiro atoms. The highest BCUT2D eigenvalue weighted by molar-refractivity contribution is 9.10. The minimum Gasteiger partial charge on any atom is -0.399 e. The maximum Gasteiger partial charge on any atom is 0.257 e. The van der Waals surface area contributed by atoms with Gasteiger partial charge in [-0.2, -0.15) is 0 Å². The van der Waals surface area contributed by atoms with E-state index in [9.17, 15) is 4.79 Å². The van der Waals surface area contributed by atoms with Crippen LogP contribution in [0.3, 0.4) is 0 Å². The van der Waals surface area contributed by atoms with Crippen molar-refractivity contribution in [2.75, 3.05) is 11.1 Å². The molecule has 0 saturated carbocycles. The van der Waals surface area contributed by atoms with E-state index in [4.69, 9.17) is 5.73 Å². The number of aromatic nitrogens is 1. The van der Waals surface area contributed by atoms with Gasteiger partial charge in [0.15, 0.2) is 0 Å². The lowest BCUT2D eigenvalue weighted by molar-refractivity contribution is 0.102. The first kappa shape index (κ1) is 12.6. The summed E-state index contributed by atoms with van der Waals surface area (Å²) in [6.07, 6.45) is 1.66. The number of nitrogen functional groups attached to an aromatic ring is 1. The van der Waals surface area contributed by atoms with Crippen molar-refractivity contribution in [3.05, 3.63) is 52.3 Å². The number of anilines is 2. The molecule has 1 heterocycles. The number of aryl methyl sites for hydroxylation is 1. The molecule has 5 heteroatoms. The Hall–Kier alpha value is -1.88. The van der Waals surface area contributed by atoms with Gasteiger partial charge in [0.1, 0.15) is 0 Å². The van der Waals surface area contributed by atoms with E-state index in [0.29, 0.717) is 22.6 Å². The largest absolute Gasteiger partial charge is 0.399 e. The Labute approximate surface area is 113 Å². The molecule has 3 N–H and O–H groups in total. The standard InChI is InChI=1S/C13H12BrN3O/c1-8-10(3-2-6-16-8)13(18)17-12-5-4-9(15)7-11(12)14/h2-7H,15H2,1H3,(H,17,18). The zero-order chi connectivity index (χ0) is 13.1. The van der Waals surface area contributed by atoms with Gasteiger partial charge in [-0.05, 0) is 53.2 Å². The smallest absolute Gasteiger partial charge is 0.257 e. The average molecular weight is 306 g/mol. The highest BCUT2D eigenvalue weighted by atomic mass is 79.9. The summed E-state index contributed by atoms with van der Waals surface area (Å²) in [5.74, 6) is -0.189. The van der Waals surface area contributed by atoms with Crippen LogP contribution in [0.15, 0.2) is 41.0 Å². The normalized spacial score (nSPS) is 10.1. The summed E-state index contributed by atoms with van der Waals surface area (Å²) < 4.78 is 0.748. The highest BCUT2D eigenvalue weighted by Crippen LogP contribution is 2.25. The van der Waals surface area contributed by atoms with Crippen LogP contribution in [-0.4, -0.2) is 10.9 Å². The number of benzene rings is 1. The molecule has 0 aliphatic rings. The predicted molar refractivity (Wildman–Crippen MR) is 75.5 cm³/mol. The molecule has 1 aromatic carbocycles. The van der Waals surface area contributed by atoms with Crippen molar-refractivity contribution in [3.8, 4) is 0 Å². The van der Waals surface area contributed by atoms with E-state index in [2.05, 4.69) is 26.2 Å². The molecule has 0 radical (unpaired) electrons. The van der Waals surface area contributed by atoms with Gasteiger partial charge >= 0.3 is 0 Å². The Morgan fingerprint density at radius 1 is 1.39 bits per heavy atom. The van der Waals surface area contributed by atoms with Crippen LogP contribution in [0.5, 0.6) is 0 Å². The van der Waals surface area contributed by atoms with Crippen molar-refractivity contribution in [2.24, 2.45) is 0 Å². The fourth-order valence-corrected chi connectivity index (χ4v) is 2.04. The van der Waals surface area contributed by atoms with Crippen LogP contribution in [0.4, 0.5) is 11.4 Å². The van der Waals surface area contributed by atoms with E-state index in [1.54, 1.807) is 43.5 Å². The average Bonchev–Trinajstić information content (AvgIpc) is 2.33. The molecule has 0 saturated heterocycles. The van der Waals surface area contributed by atoms with Crippen LogP contribution in [0.25, 0.3) is 0 Å². The van der Waals surface area contributed by atoms with E-state index >= 15 is 0 Å². The summed E-state index contributed by atoms with van der Waals surface area (Å²) in [5, 5.41) is 2.81. The zero-order valence-corrected chi connectivity index (χ0v) is 11.4.